The van der Waals surface area contributed by atoms with Gasteiger partial charge in [-0.25, -0.2) is 0 Å². The van der Waals surface area contributed by atoms with Gasteiger partial charge in [-0.1, -0.05) is 0 Å². The number of ether oxygens (including phenoxy) is 1. The third-order valence-corrected chi connectivity index (χ3v) is 2.85. The van der Waals surface area contributed by atoms with Crippen LogP contribution in [-0.4, -0.2) is 56.0 Å². The third-order valence-electron chi connectivity index (χ3n) is 2.85. The summed E-state index contributed by atoms with van der Waals surface area (Å²) in [6.45, 7) is 0.343. The minimum absolute atomic E-state index is 0.0818. The van der Waals surface area contributed by atoms with Crippen molar-refractivity contribution in [2.24, 2.45) is 5.73 Å². The molecule has 1 amide bonds. The van der Waals surface area contributed by atoms with Crippen molar-refractivity contribution in [3.8, 4) is 0 Å². The van der Waals surface area contributed by atoms with Gasteiger partial charge >= 0.3 is 6.36 Å². The molecule has 0 radical (unpaired) electrons. The zero-order chi connectivity index (χ0) is 13.8. The van der Waals surface area contributed by atoms with Crippen molar-refractivity contribution in [2.75, 3.05) is 26.7 Å². The van der Waals surface area contributed by atoms with Crippen molar-refractivity contribution < 1.29 is 22.7 Å². The van der Waals surface area contributed by atoms with Gasteiger partial charge < -0.3 is 16.0 Å². The Balaban J connectivity index is 2.17. The maximum atomic E-state index is 11.7. The van der Waals surface area contributed by atoms with Crippen LogP contribution in [0.1, 0.15) is 12.8 Å². The molecule has 1 heterocycles. The van der Waals surface area contributed by atoms with Gasteiger partial charge in [0.2, 0.25) is 5.91 Å². The van der Waals surface area contributed by atoms with E-state index in [9.17, 15) is 18.0 Å². The van der Waals surface area contributed by atoms with Crippen LogP contribution in [0.4, 0.5) is 13.2 Å². The van der Waals surface area contributed by atoms with E-state index in [1.807, 2.05) is 0 Å². The molecule has 3 N–H and O–H groups in total. The van der Waals surface area contributed by atoms with E-state index >= 15 is 0 Å². The Hall–Kier alpha value is -0.860. The Kier molecular flexibility index (Phi) is 5.36. The van der Waals surface area contributed by atoms with Crippen LogP contribution < -0.4 is 11.1 Å². The number of nitrogens with two attached hydrogens (primary N) is 1. The number of nitrogens with one attached hydrogen (secondary N) is 1. The monoisotopic (exact) mass is 269 g/mol. The number of hydrogen-bond donors (Lipinski definition) is 2. The lowest BCUT2D eigenvalue weighted by atomic mass is 10.2. The SMILES string of the molecule is CN(CCOC(F)(F)F)CC1CCC(C(N)=O)N1. The van der Waals surface area contributed by atoms with E-state index in [0.717, 1.165) is 6.42 Å². The average molecular weight is 269 g/mol. The predicted octanol–water partition coefficient (Wildman–Crippen LogP) is 0.0605. The number of hydrogen-bond acceptors (Lipinski definition) is 4. The quantitative estimate of drug-likeness (QED) is 0.715. The van der Waals surface area contributed by atoms with Gasteiger partial charge in [0.05, 0.1) is 12.6 Å². The summed E-state index contributed by atoms with van der Waals surface area (Å²) in [4.78, 5) is 12.6. The lowest BCUT2D eigenvalue weighted by molar-refractivity contribution is -0.324. The smallest absolute Gasteiger partial charge is 0.368 e. The lowest BCUT2D eigenvalue weighted by Gasteiger charge is -2.21. The van der Waals surface area contributed by atoms with E-state index in [1.54, 1.807) is 11.9 Å². The standard InChI is InChI=1S/C10H18F3N3O2/c1-16(4-5-18-10(11,12)13)6-7-2-3-8(15-7)9(14)17/h7-8,15H,2-6H2,1H3,(H2,14,17). The highest BCUT2D eigenvalue weighted by Crippen LogP contribution is 2.16. The van der Waals surface area contributed by atoms with Crippen molar-refractivity contribution >= 4 is 5.91 Å². The number of nitrogens with zero attached hydrogens (tertiary/aromatic N) is 1. The fourth-order valence-corrected chi connectivity index (χ4v) is 1.97. The molecule has 0 aromatic heterocycles. The average Bonchev–Trinajstić information content (AvgIpc) is 2.64. The molecule has 0 aliphatic carbocycles. The maximum absolute atomic E-state index is 11.7. The number of alkyl halides is 3. The number of carbonyl (C=O) groups excluding carboxylic acids is 1. The fraction of sp³-hybridized carbons (Fsp3) is 0.900. The van der Waals surface area contributed by atoms with Crippen LogP contribution in [-0.2, 0) is 9.53 Å². The second-order valence-electron chi connectivity index (χ2n) is 4.45. The highest BCUT2D eigenvalue weighted by atomic mass is 19.4. The Morgan fingerprint density at radius 3 is 2.67 bits per heavy atom. The van der Waals surface area contributed by atoms with Gasteiger partial charge in [0.15, 0.2) is 0 Å². The molecule has 0 aromatic carbocycles. The van der Waals surface area contributed by atoms with Crippen molar-refractivity contribution in [1.29, 1.82) is 0 Å². The van der Waals surface area contributed by atoms with Crippen LogP contribution >= 0.6 is 0 Å². The topological polar surface area (TPSA) is 67.6 Å². The molecule has 0 bridgehead atoms. The summed E-state index contributed by atoms with van der Waals surface area (Å²) in [7, 11) is 1.71. The molecule has 1 rings (SSSR count). The fourth-order valence-electron chi connectivity index (χ4n) is 1.97. The highest BCUT2D eigenvalue weighted by Gasteiger charge is 2.30. The second-order valence-corrected chi connectivity index (χ2v) is 4.45. The van der Waals surface area contributed by atoms with Gasteiger partial charge in [0, 0.05) is 19.1 Å². The number of carbonyl (C=O) groups is 1. The second kappa shape index (κ2) is 6.35. The van der Waals surface area contributed by atoms with Crippen LogP contribution in [0.3, 0.4) is 0 Å². The Morgan fingerprint density at radius 1 is 1.50 bits per heavy atom. The number of primary amides is 1. The molecule has 0 spiro atoms. The van der Waals surface area contributed by atoms with Crippen molar-refractivity contribution in [3.05, 3.63) is 0 Å². The Labute approximate surface area is 103 Å². The summed E-state index contributed by atoms with van der Waals surface area (Å²) < 4.78 is 38.9. The van der Waals surface area contributed by atoms with Crippen molar-refractivity contribution in [3.63, 3.8) is 0 Å². The van der Waals surface area contributed by atoms with Crippen LogP contribution in [0.25, 0.3) is 0 Å². The lowest BCUT2D eigenvalue weighted by Crippen LogP contribution is -2.44. The number of rotatable bonds is 6. The molecule has 2 unspecified atom stereocenters. The van der Waals surface area contributed by atoms with Gasteiger partial charge in [-0.15, -0.1) is 13.2 Å². The summed E-state index contributed by atoms with van der Waals surface area (Å²) in [6.07, 6.45) is -3.12. The zero-order valence-electron chi connectivity index (χ0n) is 10.2. The molecule has 5 nitrogen and oxygen atoms in total. The van der Waals surface area contributed by atoms with E-state index < -0.39 is 13.0 Å². The van der Waals surface area contributed by atoms with Gasteiger partial charge in [-0.3, -0.25) is 9.53 Å². The molecular formula is C10H18F3N3O2. The molecule has 8 heteroatoms. The van der Waals surface area contributed by atoms with E-state index in [1.165, 1.54) is 0 Å². The predicted molar refractivity (Wildman–Crippen MR) is 58.6 cm³/mol. The minimum atomic E-state index is -4.58. The van der Waals surface area contributed by atoms with Crippen molar-refractivity contribution in [1.82, 2.24) is 10.2 Å². The van der Waals surface area contributed by atoms with E-state index in [0.29, 0.717) is 13.0 Å². The molecular weight excluding hydrogens is 251 g/mol. The van der Waals surface area contributed by atoms with Gasteiger partial charge in [-0.2, -0.15) is 0 Å². The van der Waals surface area contributed by atoms with Crippen molar-refractivity contribution in [2.45, 2.75) is 31.3 Å². The van der Waals surface area contributed by atoms with Crippen LogP contribution in [0.2, 0.25) is 0 Å². The van der Waals surface area contributed by atoms with Crippen LogP contribution in [0, 0.1) is 0 Å². The first-order valence-electron chi connectivity index (χ1n) is 5.72. The third kappa shape index (κ3) is 5.65. The molecule has 1 fully saturated rings. The Bertz CT molecular complexity index is 286. The first-order valence-corrected chi connectivity index (χ1v) is 5.72. The number of amides is 1. The van der Waals surface area contributed by atoms with Gasteiger partial charge in [-0.05, 0) is 19.9 Å². The van der Waals surface area contributed by atoms with Crippen LogP contribution in [0.15, 0.2) is 0 Å². The summed E-state index contributed by atoms with van der Waals surface area (Å²) in [5.41, 5.74) is 5.16. The minimum Gasteiger partial charge on any atom is -0.368 e. The molecule has 0 aromatic rings. The first kappa shape index (κ1) is 15.2. The molecule has 1 saturated heterocycles. The molecule has 106 valence electrons. The highest BCUT2D eigenvalue weighted by molar-refractivity contribution is 5.80. The summed E-state index contributed by atoms with van der Waals surface area (Å²) in [6, 6.07) is -0.242. The van der Waals surface area contributed by atoms with Crippen LogP contribution in [0.5, 0.6) is 0 Å². The summed E-state index contributed by atoms with van der Waals surface area (Å²) >= 11 is 0. The molecule has 1 aliphatic rings. The molecule has 2 atom stereocenters. The summed E-state index contributed by atoms with van der Waals surface area (Å²) in [5.74, 6) is -0.388. The molecule has 18 heavy (non-hydrogen) atoms. The van der Waals surface area contributed by atoms with E-state index in [-0.39, 0.29) is 24.5 Å². The van der Waals surface area contributed by atoms with E-state index in [2.05, 4.69) is 10.1 Å². The zero-order valence-corrected chi connectivity index (χ0v) is 10.2. The van der Waals surface area contributed by atoms with Gasteiger partial charge in [0.25, 0.3) is 0 Å². The largest absolute Gasteiger partial charge is 0.522 e. The molecule has 1 aliphatic heterocycles. The maximum Gasteiger partial charge on any atom is 0.522 e. The first-order chi connectivity index (χ1) is 8.28. The number of likely N-dealkylation sites (N-methyl/N-ethyl adjacent to an activating group) is 1. The number of halogens is 3. The van der Waals surface area contributed by atoms with Gasteiger partial charge in [0.1, 0.15) is 0 Å². The normalized spacial score (nSPS) is 24.7. The molecule has 0 saturated carbocycles. The Morgan fingerprint density at radius 2 is 2.17 bits per heavy atom. The summed E-state index contributed by atoms with van der Waals surface area (Å²) in [5, 5.41) is 3.05. The van der Waals surface area contributed by atoms with E-state index in [4.69, 9.17) is 5.73 Å².